The number of benzene rings is 1. The van der Waals surface area contributed by atoms with E-state index in [0.29, 0.717) is 23.7 Å². The number of aromatic nitrogens is 1. The molecule has 2 heterocycles. The quantitative estimate of drug-likeness (QED) is 0.253. The number of amides is 1. The number of piperazine rings is 1. The standard InChI is InChI=1S/C20H27FN6OS.HI/c1-3-22-20(24-9-8-23-19(28)18-15(2)25-14-29-18)27-12-10-26(11-13-27)17-7-5-4-6-16(17)21;/h4-7,14H,3,8-13H2,1-2H3,(H,22,24)(H,23,28);1H. The molecule has 164 valence electrons. The SMILES string of the molecule is CCNC(=NCCNC(=O)c1scnc1C)N1CCN(c2ccccc2F)CC1.I. The number of rotatable bonds is 6. The number of nitrogens with zero attached hydrogens (tertiary/aromatic N) is 4. The highest BCUT2D eigenvalue weighted by molar-refractivity contribution is 14.0. The predicted molar refractivity (Wildman–Crippen MR) is 131 cm³/mol. The number of carbonyl (C=O) groups is 1. The van der Waals surface area contributed by atoms with Crippen LogP contribution in [0.1, 0.15) is 22.3 Å². The van der Waals surface area contributed by atoms with Crippen molar-refractivity contribution in [1.29, 1.82) is 0 Å². The Bertz CT molecular complexity index is 853. The summed E-state index contributed by atoms with van der Waals surface area (Å²) in [5, 5.41) is 6.20. The summed E-state index contributed by atoms with van der Waals surface area (Å²) in [7, 11) is 0. The number of nitrogens with one attached hydrogen (secondary N) is 2. The molecule has 1 fully saturated rings. The third-order valence-electron chi connectivity index (χ3n) is 4.72. The highest BCUT2D eigenvalue weighted by Crippen LogP contribution is 2.20. The molecule has 30 heavy (non-hydrogen) atoms. The first-order valence-electron chi connectivity index (χ1n) is 9.81. The van der Waals surface area contributed by atoms with E-state index < -0.39 is 0 Å². The zero-order valence-electron chi connectivity index (χ0n) is 17.2. The highest BCUT2D eigenvalue weighted by Gasteiger charge is 2.21. The Morgan fingerprint density at radius 3 is 2.60 bits per heavy atom. The molecular formula is C20H28FIN6OS. The van der Waals surface area contributed by atoms with Gasteiger partial charge in [-0.3, -0.25) is 9.79 Å². The molecule has 3 rings (SSSR count). The Hall–Kier alpha value is -1.95. The molecule has 1 aliphatic rings. The van der Waals surface area contributed by atoms with E-state index in [1.165, 1.54) is 17.4 Å². The molecule has 7 nitrogen and oxygen atoms in total. The van der Waals surface area contributed by atoms with Crippen LogP contribution in [0, 0.1) is 12.7 Å². The van der Waals surface area contributed by atoms with Crippen LogP contribution in [0.5, 0.6) is 0 Å². The maximum atomic E-state index is 14.0. The van der Waals surface area contributed by atoms with Crippen molar-refractivity contribution in [3.05, 3.63) is 46.2 Å². The average Bonchev–Trinajstić information content (AvgIpc) is 3.17. The molecule has 0 atom stereocenters. The minimum Gasteiger partial charge on any atom is -0.366 e. The molecule has 1 aromatic carbocycles. The van der Waals surface area contributed by atoms with Gasteiger partial charge in [-0.1, -0.05) is 12.1 Å². The Morgan fingerprint density at radius 2 is 1.97 bits per heavy atom. The number of guanidine groups is 1. The van der Waals surface area contributed by atoms with Gasteiger partial charge in [0.1, 0.15) is 10.7 Å². The molecule has 10 heteroatoms. The second-order valence-electron chi connectivity index (χ2n) is 6.68. The molecule has 0 unspecified atom stereocenters. The number of aliphatic imine (C=N–C) groups is 1. The maximum Gasteiger partial charge on any atom is 0.263 e. The van der Waals surface area contributed by atoms with Crippen LogP contribution in [-0.2, 0) is 0 Å². The van der Waals surface area contributed by atoms with Gasteiger partial charge in [-0.25, -0.2) is 9.37 Å². The number of halogens is 2. The zero-order chi connectivity index (χ0) is 20.6. The van der Waals surface area contributed by atoms with Crippen LogP contribution in [0.4, 0.5) is 10.1 Å². The molecule has 2 N–H and O–H groups in total. The monoisotopic (exact) mass is 546 g/mol. The lowest BCUT2D eigenvalue weighted by Gasteiger charge is -2.37. The predicted octanol–water partition coefficient (Wildman–Crippen LogP) is 2.73. The number of hydrogen-bond acceptors (Lipinski definition) is 5. The molecule has 0 saturated carbocycles. The summed E-state index contributed by atoms with van der Waals surface area (Å²) in [6.07, 6.45) is 0. The molecule has 1 amide bonds. The van der Waals surface area contributed by atoms with Crippen molar-refractivity contribution >= 4 is 52.9 Å². The summed E-state index contributed by atoms with van der Waals surface area (Å²) in [5.74, 6) is 0.529. The van der Waals surface area contributed by atoms with Gasteiger partial charge in [-0.2, -0.15) is 0 Å². The van der Waals surface area contributed by atoms with Gasteiger partial charge in [0.15, 0.2) is 5.96 Å². The van der Waals surface area contributed by atoms with Crippen LogP contribution < -0.4 is 15.5 Å². The molecular weight excluding hydrogens is 518 g/mol. The van der Waals surface area contributed by atoms with Gasteiger partial charge < -0.3 is 20.4 Å². The van der Waals surface area contributed by atoms with Crippen molar-refractivity contribution in [3.8, 4) is 0 Å². The summed E-state index contributed by atoms with van der Waals surface area (Å²) in [6.45, 7) is 8.53. The smallest absolute Gasteiger partial charge is 0.263 e. The fourth-order valence-corrected chi connectivity index (χ4v) is 3.94. The second kappa shape index (κ2) is 12.0. The van der Waals surface area contributed by atoms with E-state index in [2.05, 4.69) is 30.4 Å². The van der Waals surface area contributed by atoms with E-state index in [0.717, 1.165) is 44.4 Å². The Balaban J connectivity index is 0.00000320. The van der Waals surface area contributed by atoms with Crippen LogP contribution in [0.3, 0.4) is 0 Å². The molecule has 0 aliphatic carbocycles. The third kappa shape index (κ3) is 6.27. The minimum absolute atomic E-state index is 0. The Kier molecular flexibility index (Phi) is 9.76. The van der Waals surface area contributed by atoms with Crippen LogP contribution >= 0.6 is 35.3 Å². The summed E-state index contributed by atoms with van der Waals surface area (Å²) in [6, 6.07) is 6.88. The van der Waals surface area contributed by atoms with Gasteiger partial charge >= 0.3 is 0 Å². The largest absolute Gasteiger partial charge is 0.366 e. The first kappa shape index (κ1) is 24.3. The van der Waals surface area contributed by atoms with Gasteiger partial charge in [-0.15, -0.1) is 35.3 Å². The van der Waals surface area contributed by atoms with Crippen LogP contribution in [0.2, 0.25) is 0 Å². The van der Waals surface area contributed by atoms with Gasteiger partial charge in [0.25, 0.3) is 5.91 Å². The van der Waals surface area contributed by atoms with Gasteiger partial charge in [0, 0.05) is 39.3 Å². The van der Waals surface area contributed by atoms with E-state index in [4.69, 9.17) is 0 Å². The average molecular weight is 546 g/mol. The first-order valence-corrected chi connectivity index (χ1v) is 10.7. The molecule has 0 spiro atoms. The van der Waals surface area contributed by atoms with E-state index in [1.807, 2.05) is 26.0 Å². The third-order valence-corrected chi connectivity index (χ3v) is 5.65. The van der Waals surface area contributed by atoms with Crippen molar-refractivity contribution in [2.75, 3.05) is 50.7 Å². The van der Waals surface area contributed by atoms with Crippen molar-refractivity contribution < 1.29 is 9.18 Å². The van der Waals surface area contributed by atoms with E-state index in [-0.39, 0.29) is 35.7 Å². The van der Waals surface area contributed by atoms with Gasteiger partial charge in [0.05, 0.1) is 23.4 Å². The summed E-state index contributed by atoms with van der Waals surface area (Å²) in [5.41, 5.74) is 3.07. The Labute approximate surface area is 197 Å². The number of hydrogen-bond donors (Lipinski definition) is 2. The zero-order valence-corrected chi connectivity index (χ0v) is 20.4. The van der Waals surface area contributed by atoms with E-state index in [9.17, 15) is 9.18 Å². The second-order valence-corrected chi connectivity index (χ2v) is 7.54. The number of anilines is 1. The highest BCUT2D eigenvalue weighted by atomic mass is 127. The molecule has 0 bridgehead atoms. The van der Waals surface area contributed by atoms with Gasteiger partial charge in [-0.05, 0) is 26.0 Å². The lowest BCUT2D eigenvalue weighted by molar-refractivity contribution is 0.0958. The fraction of sp³-hybridized carbons (Fsp3) is 0.450. The summed E-state index contributed by atoms with van der Waals surface area (Å²) >= 11 is 1.34. The maximum absolute atomic E-state index is 14.0. The van der Waals surface area contributed by atoms with Crippen molar-refractivity contribution in [3.63, 3.8) is 0 Å². The summed E-state index contributed by atoms with van der Waals surface area (Å²) < 4.78 is 14.0. The van der Waals surface area contributed by atoms with Crippen LogP contribution in [-0.4, -0.2) is 67.6 Å². The van der Waals surface area contributed by atoms with E-state index in [1.54, 1.807) is 11.6 Å². The van der Waals surface area contributed by atoms with E-state index >= 15 is 0 Å². The molecule has 1 saturated heterocycles. The molecule has 1 aliphatic heterocycles. The Morgan fingerprint density at radius 1 is 1.23 bits per heavy atom. The minimum atomic E-state index is -0.187. The van der Waals surface area contributed by atoms with Crippen molar-refractivity contribution in [2.45, 2.75) is 13.8 Å². The number of thiazole rings is 1. The number of para-hydroxylation sites is 1. The molecule has 0 radical (unpaired) electrons. The number of aryl methyl sites for hydroxylation is 1. The van der Waals surface area contributed by atoms with Gasteiger partial charge in [0.2, 0.25) is 0 Å². The van der Waals surface area contributed by atoms with Crippen molar-refractivity contribution in [2.24, 2.45) is 4.99 Å². The topological polar surface area (TPSA) is 72.9 Å². The fourth-order valence-electron chi connectivity index (χ4n) is 3.22. The lowest BCUT2D eigenvalue weighted by atomic mass is 10.2. The molecule has 2 aromatic rings. The normalized spacial score (nSPS) is 14.3. The van der Waals surface area contributed by atoms with Crippen LogP contribution in [0.15, 0.2) is 34.8 Å². The van der Waals surface area contributed by atoms with Crippen LogP contribution in [0.25, 0.3) is 0 Å². The van der Waals surface area contributed by atoms with Crippen molar-refractivity contribution in [1.82, 2.24) is 20.5 Å². The lowest BCUT2D eigenvalue weighted by Crippen LogP contribution is -2.52. The first-order chi connectivity index (χ1) is 14.1. The molecule has 1 aromatic heterocycles. The summed E-state index contributed by atoms with van der Waals surface area (Å²) in [4.78, 5) is 25.8. The number of carbonyl (C=O) groups excluding carboxylic acids is 1.